The molecule has 18 heavy (non-hydrogen) atoms. The number of carbonyl (C=O) groups is 2. The first-order chi connectivity index (χ1) is 8.63. The van der Waals surface area contributed by atoms with E-state index in [0.29, 0.717) is 23.5 Å². The van der Waals surface area contributed by atoms with Gasteiger partial charge in [0.2, 0.25) is 0 Å². The maximum absolute atomic E-state index is 12.5. The lowest BCUT2D eigenvalue weighted by Gasteiger charge is -2.18. The third kappa shape index (κ3) is 2.42. The van der Waals surface area contributed by atoms with Crippen molar-refractivity contribution in [2.75, 3.05) is 0 Å². The predicted octanol–water partition coefficient (Wildman–Crippen LogP) is 3.31. The molecule has 0 saturated carbocycles. The van der Waals surface area contributed by atoms with Crippen LogP contribution in [0.3, 0.4) is 0 Å². The zero-order valence-corrected chi connectivity index (χ0v) is 10.9. The number of hydrogen-bond acceptors (Lipinski definition) is 2. The fourth-order valence-electron chi connectivity index (χ4n) is 2.50. The second-order valence-corrected chi connectivity index (χ2v) is 5.06. The quantitative estimate of drug-likeness (QED) is 0.711. The molecule has 0 aromatic carbocycles. The van der Waals surface area contributed by atoms with Gasteiger partial charge in [0.25, 0.3) is 0 Å². The van der Waals surface area contributed by atoms with E-state index in [1.807, 2.05) is 19.1 Å². The van der Waals surface area contributed by atoms with E-state index in [1.54, 1.807) is 6.08 Å². The summed E-state index contributed by atoms with van der Waals surface area (Å²) in [5, 5.41) is 0. The van der Waals surface area contributed by atoms with E-state index < -0.39 is 0 Å². The monoisotopic (exact) mass is 242 g/mol. The van der Waals surface area contributed by atoms with Crippen LogP contribution in [0.1, 0.15) is 33.1 Å². The first kappa shape index (κ1) is 12.7. The largest absolute Gasteiger partial charge is 0.298 e. The standard InChI is InChI=1S/C16H18O2/c1-11-7-8-14(12(2)9-11)16(18)15-6-4-3-5-13(15)10-17/h4,6-8,10-11H,3,5,9H2,1-2H3. The SMILES string of the molecule is CC1=C(C(=O)C2=C(C=O)CCC=C2)C=CC(C)C1. The van der Waals surface area contributed by atoms with Crippen LogP contribution in [0, 0.1) is 5.92 Å². The van der Waals surface area contributed by atoms with Gasteiger partial charge in [0.1, 0.15) is 6.29 Å². The van der Waals surface area contributed by atoms with E-state index in [-0.39, 0.29) is 5.78 Å². The molecule has 2 aliphatic rings. The minimum atomic E-state index is -0.00583. The van der Waals surface area contributed by atoms with Crippen molar-refractivity contribution in [3.05, 3.63) is 46.6 Å². The molecule has 0 saturated heterocycles. The third-order valence-corrected chi connectivity index (χ3v) is 3.52. The maximum atomic E-state index is 12.5. The van der Waals surface area contributed by atoms with Crippen molar-refractivity contribution in [1.29, 1.82) is 0 Å². The molecule has 0 radical (unpaired) electrons. The highest BCUT2D eigenvalue weighted by molar-refractivity contribution is 6.15. The topological polar surface area (TPSA) is 34.1 Å². The number of allylic oxidation sites excluding steroid dienone is 8. The van der Waals surface area contributed by atoms with Crippen molar-refractivity contribution in [2.24, 2.45) is 5.92 Å². The van der Waals surface area contributed by atoms with Crippen LogP contribution in [0.4, 0.5) is 0 Å². The minimum Gasteiger partial charge on any atom is -0.298 e. The molecule has 1 atom stereocenters. The van der Waals surface area contributed by atoms with E-state index in [4.69, 9.17) is 0 Å². The van der Waals surface area contributed by atoms with Gasteiger partial charge in [-0.15, -0.1) is 0 Å². The molecule has 0 amide bonds. The second-order valence-electron chi connectivity index (χ2n) is 5.06. The van der Waals surface area contributed by atoms with Gasteiger partial charge >= 0.3 is 0 Å². The van der Waals surface area contributed by atoms with Crippen LogP contribution in [0.5, 0.6) is 0 Å². The van der Waals surface area contributed by atoms with Gasteiger partial charge in [0.15, 0.2) is 5.78 Å². The van der Waals surface area contributed by atoms with Gasteiger partial charge in [0, 0.05) is 16.7 Å². The fraction of sp³-hybridized carbons (Fsp3) is 0.375. The van der Waals surface area contributed by atoms with E-state index >= 15 is 0 Å². The van der Waals surface area contributed by atoms with Crippen LogP contribution in [0.25, 0.3) is 0 Å². The molecule has 0 aromatic heterocycles. The van der Waals surface area contributed by atoms with Crippen LogP contribution in [0.15, 0.2) is 46.6 Å². The summed E-state index contributed by atoms with van der Waals surface area (Å²) in [5.41, 5.74) is 3.08. The van der Waals surface area contributed by atoms with Gasteiger partial charge in [-0.1, -0.05) is 36.8 Å². The molecule has 2 heteroatoms. The van der Waals surface area contributed by atoms with Crippen LogP contribution in [-0.4, -0.2) is 12.1 Å². The summed E-state index contributed by atoms with van der Waals surface area (Å²) in [4.78, 5) is 23.5. The van der Waals surface area contributed by atoms with Crippen LogP contribution in [-0.2, 0) is 9.59 Å². The lowest BCUT2D eigenvalue weighted by atomic mass is 9.85. The van der Waals surface area contributed by atoms with Crippen molar-refractivity contribution in [2.45, 2.75) is 33.1 Å². The maximum Gasteiger partial charge on any atom is 0.193 e. The third-order valence-electron chi connectivity index (χ3n) is 3.52. The number of ketones is 1. The predicted molar refractivity (Wildman–Crippen MR) is 72.1 cm³/mol. The fourth-order valence-corrected chi connectivity index (χ4v) is 2.50. The molecule has 0 fully saturated rings. The molecule has 2 nitrogen and oxygen atoms in total. The molecule has 94 valence electrons. The molecular weight excluding hydrogens is 224 g/mol. The summed E-state index contributed by atoms with van der Waals surface area (Å²) in [5.74, 6) is 0.483. The van der Waals surface area contributed by atoms with Gasteiger partial charge < -0.3 is 0 Å². The minimum absolute atomic E-state index is 0.00583. The molecule has 2 rings (SSSR count). The number of carbonyl (C=O) groups excluding carboxylic acids is 2. The summed E-state index contributed by atoms with van der Waals surface area (Å²) < 4.78 is 0. The highest BCUT2D eigenvalue weighted by Gasteiger charge is 2.21. The van der Waals surface area contributed by atoms with Crippen molar-refractivity contribution >= 4 is 12.1 Å². The Morgan fingerprint density at radius 2 is 2.11 bits per heavy atom. The molecule has 0 aromatic rings. The first-order valence-electron chi connectivity index (χ1n) is 6.41. The Hall–Kier alpha value is -1.70. The van der Waals surface area contributed by atoms with E-state index in [9.17, 15) is 9.59 Å². The zero-order valence-electron chi connectivity index (χ0n) is 10.9. The summed E-state index contributed by atoms with van der Waals surface area (Å²) in [6, 6.07) is 0. The van der Waals surface area contributed by atoms with Crippen molar-refractivity contribution < 1.29 is 9.59 Å². The van der Waals surface area contributed by atoms with E-state index in [1.165, 1.54) is 0 Å². The summed E-state index contributed by atoms with van der Waals surface area (Å²) >= 11 is 0. The number of Topliss-reactive ketones (excluding diaryl/α,β-unsaturated/α-hetero) is 1. The number of aldehydes is 1. The average Bonchev–Trinajstić information content (AvgIpc) is 2.38. The normalized spacial score (nSPS) is 23.6. The smallest absolute Gasteiger partial charge is 0.193 e. The second kappa shape index (κ2) is 5.30. The van der Waals surface area contributed by atoms with E-state index in [2.05, 4.69) is 13.0 Å². The van der Waals surface area contributed by atoms with Gasteiger partial charge in [0.05, 0.1) is 0 Å². The van der Waals surface area contributed by atoms with Crippen molar-refractivity contribution in [3.63, 3.8) is 0 Å². The Labute approximate surface area is 108 Å². The Kier molecular flexibility index (Phi) is 3.75. The molecule has 0 heterocycles. The molecule has 1 unspecified atom stereocenters. The summed E-state index contributed by atoms with van der Waals surface area (Å²) in [6.07, 6.45) is 11.0. The molecule has 0 bridgehead atoms. The van der Waals surface area contributed by atoms with Crippen LogP contribution < -0.4 is 0 Å². The lowest BCUT2D eigenvalue weighted by molar-refractivity contribution is -0.112. The highest BCUT2D eigenvalue weighted by Crippen LogP contribution is 2.28. The molecule has 0 aliphatic heterocycles. The van der Waals surface area contributed by atoms with Gasteiger partial charge in [-0.25, -0.2) is 0 Å². The lowest BCUT2D eigenvalue weighted by Crippen LogP contribution is -2.13. The Balaban J connectivity index is 2.35. The Morgan fingerprint density at radius 3 is 2.78 bits per heavy atom. The van der Waals surface area contributed by atoms with Gasteiger partial charge in [-0.05, 0) is 32.1 Å². The van der Waals surface area contributed by atoms with Crippen molar-refractivity contribution in [1.82, 2.24) is 0 Å². The Bertz CT molecular complexity index is 501. The zero-order chi connectivity index (χ0) is 13.1. The number of rotatable bonds is 3. The highest BCUT2D eigenvalue weighted by atomic mass is 16.1. The molecule has 0 N–H and O–H groups in total. The molecule has 2 aliphatic carbocycles. The summed E-state index contributed by atoms with van der Waals surface area (Å²) in [7, 11) is 0. The van der Waals surface area contributed by atoms with Crippen LogP contribution in [0.2, 0.25) is 0 Å². The Morgan fingerprint density at radius 1 is 1.33 bits per heavy atom. The van der Waals surface area contributed by atoms with Crippen molar-refractivity contribution in [3.8, 4) is 0 Å². The van der Waals surface area contributed by atoms with E-state index in [0.717, 1.165) is 30.3 Å². The average molecular weight is 242 g/mol. The first-order valence-corrected chi connectivity index (χ1v) is 6.41. The molecular formula is C16H18O2. The molecule has 0 spiro atoms. The number of hydrogen-bond donors (Lipinski definition) is 0. The van der Waals surface area contributed by atoms with Gasteiger partial charge in [-0.2, -0.15) is 0 Å². The summed E-state index contributed by atoms with van der Waals surface area (Å²) in [6.45, 7) is 4.14. The van der Waals surface area contributed by atoms with Gasteiger partial charge in [-0.3, -0.25) is 9.59 Å². The van der Waals surface area contributed by atoms with Crippen LogP contribution >= 0.6 is 0 Å².